The number of carbonyl (C=O) groups excluding carboxylic acids is 1. The molecule has 0 aliphatic heterocycles. The molecule has 0 radical (unpaired) electrons. The van der Waals surface area contributed by atoms with Gasteiger partial charge in [-0.15, -0.1) is 0 Å². The van der Waals surface area contributed by atoms with Gasteiger partial charge in [0.25, 0.3) is 0 Å². The first kappa shape index (κ1) is 18.5. The summed E-state index contributed by atoms with van der Waals surface area (Å²) in [5, 5.41) is 3.13. The molecule has 0 aliphatic carbocycles. The standard InChI is InChI=1S/C20H22FNO3/c1-14(20(23)16-5-7-17(21)8-6-16)13-22-11-10-15-4-9-18(24-2)19(12-15)25-3/h4-9,12-13,22H,10-11H2,1-3H3/b14-13-. The van der Waals surface area contributed by atoms with Gasteiger partial charge in [0.05, 0.1) is 14.2 Å². The largest absolute Gasteiger partial charge is 0.493 e. The number of hydrogen-bond donors (Lipinski definition) is 1. The maximum atomic E-state index is 12.9. The Morgan fingerprint density at radius 1 is 1.08 bits per heavy atom. The van der Waals surface area contributed by atoms with E-state index in [1.807, 2.05) is 18.2 Å². The van der Waals surface area contributed by atoms with Gasteiger partial charge in [-0.1, -0.05) is 6.07 Å². The molecule has 0 atom stereocenters. The summed E-state index contributed by atoms with van der Waals surface area (Å²) in [4.78, 5) is 12.2. The van der Waals surface area contributed by atoms with Crippen LogP contribution in [0.4, 0.5) is 4.39 Å². The maximum absolute atomic E-state index is 12.9. The van der Waals surface area contributed by atoms with Crippen molar-refractivity contribution >= 4 is 5.78 Å². The first-order chi connectivity index (χ1) is 12.0. The minimum absolute atomic E-state index is 0.126. The Labute approximate surface area is 147 Å². The highest BCUT2D eigenvalue weighted by molar-refractivity contribution is 6.08. The van der Waals surface area contributed by atoms with E-state index in [1.165, 1.54) is 24.3 Å². The van der Waals surface area contributed by atoms with Crippen LogP contribution in [0.1, 0.15) is 22.8 Å². The van der Waals surface area contributed by atoms with Crippen molar-refractivity contribution in [2.24, 2.45) is 0 Å². The summed E-state index contributed by atoms with van der Waals surface area (Å²) in [5.41, 5.74) is 2.14. The summed E-state index contributed by atoms with van der Waals surface area (Å²) >= 11 is 0. The number of allylic oxidation sites excluding steroid dienone is 1. The van der Waals surface area contributed by atoms with Crippen molar-refractivity contribution in [1.82, 2.24) is 5.32 Å². The molecule has 5 heteroatoms. The third-order valence-corrected chi connectivity index (χ3v) is 3.79. The van der Waals surface area contributed by atoms with Gasteiger partial charge in [-0.05, 0) is 55.3 Å². The molecule has 4 nitrogen and oxygen atoms in total. The van der Waals surface area contributed by atoms with E-state index >= 15 is 0 Å². The highest BCUT2D eigenvalue weighted by atomic mass is 19.1. The van der Waals surface area contributed by atoms with E-state index in [0.717, 1.165) is 12.0 Å². The van der Waals surface area contributed by atoms with Crippen molar-refractivity contribution in [3.63, 3.8) is 0 Å². The molecule has 25 heavy (non-hydrogen) atoms. The summed E-state index contributed by atoms with van der Waals surface area (Å²) < 4.78 is 23.4. The second-order valence-corrected chi connectivity index (χ2v) is 5.56. The van der Waals surface area contributed by atoms with Crippen molar-refractivity contribution in [1.29, 1.82) is 0 Å². The number of ketones is 1. The van der Waals surface area contributed by atoms with Crippen LogP contribution in [0, 0.1) is 5.82 Å². The monoisotopic (exact) mass is 343 g/mol. The number of nitrogens with one attached hydrogen (secondary N) is 1. The summed E-state index contributed by atoms with van der Waals surface area (Å²) in [6.07, 6.45) is 2.46. The predicted octanol–water partition coefficient (Wildman–Crippen LogP) is 3.76. The Morgan fingerprint density at radius 2 is 1.76 bits per heavy atom. The van der Waals surface area contributed by atoms with Gasteiger partial charge >= 0.3 is 0 Å². The van der Waals surface area contributed by atoms with E-state index in [2.05, 4.69) is 5.32 Å². The topological polar surface area (TPSA) is 47.6 Å². The van der Waals surface area contributed by atoms with Crippen LogP contribution in [-0.2, 0) is 6.42 Å². The highest BCUT2D eigenvalue weighted by Gasteiger charge is 2.08. The number of benzene rings is 2. The van der Waals surface area contributed by atoms with E-state index < -0.39 is 0 Å². The molecule has 0 heterocycles. The van der Waals surface area contributed by atoms with Gasteiger partial charge in [-0.25, -0.2) is 4.39 Å². The van der Waals surface area contributed by atoms with Gasteiger partial charge in [0.1, 0.15) is 5.82 Å². The third kappa shape index (κ3) is 5.08. The van der Waals surface area contributed by atoms with Gasteiger partial charge in [0.2, 0.25) is 0 Å². The van der Waals surface area contributed by atoms with E-state index in [4.69, 9.17) is 9.47 Å². The first-order valence-electron chi connectivity index (χ1n) is 7.96. The van der Waals surface area contributed by atoms with Crippen LogP contribution < -0.4 is 14.8 Å². The molecular formula is C20H22FNO3. The zero-order chi connectivity index (χ0) is 18.2. The molecule has 132 valence electrons. The summed E-state index contributed by atoms with van der Waals surface area (Å²) in [5.74, 6) is 0.905. The second-order valence-electron chi connectivity index (χ2n) is 5.56. The third-order valence-electron chi connectivity index (χ3n) is 3.79. The van der Waals surface area contributed by atoms with Crippen molar-refractivity contribution in [3.05, 3.63) is 71.2 Å². The Kier molecular flexibility index (Phi) is 6.57. The van der Waals surface area contributed by atoms with Gasteiger partial charge in [-0.3, -0.25) is 4.79 Å². The lowest BCUT2D eigenvalue weighted by molar-refractivity contribution is 0.103. The van der Waals surface area contributed by atoms with Gasteiger partial charge in [-0.2, -0.15) is 0 Å². The number of halogens is 1. The fourth-order valence-electron chi connectivity index (χ4n) is 2.37. The molecule has 0 saturated carbocycles. The molecule has 2 rings (SSSR count). The lowest BCUT2D eigenvalue weighted by atomic mass is 10.1. The number of rotatable bonds is 8. The molecule has 2 aromatic carbocycles. The number of hydrogen-bond acceptors (Lipinski definition) is 4. The van der Waals surface area contributed by atoms with Crippen LogP contribution in [-0.4, -0.2) is 26.5 Å². The quantitative estimate of drug-likeness (QED) is 0.450. The number of Topliss-reactive ketones (excluding diaryl/α,β-unsaturated/α-hetero) is 1. The predicted molar refractivity (Wildman–Crippen MR) is 95.7 cm³/mol. The zero-order valence-electron chi connectivity index (χ0n) is 14.6. The summed E-state index contributed by atoms with van der Waals surface area (Å²) in [6.45, 7) is 2.40. The molecule has 0 fully saturated rings. The molecule has 0 bridgehead atoms. The smallest absolute Gasteiger partial charge is 0.190 e. The first-order valence-corrected chi connectivity index (χ1v) is 7.96. The number of methoxy groups -OCH3 is 2. The van der Waals surface area contributed by atoms with Crippen LogP contribution >= 0.6 is 0 Å². The van der Waals surface area contributed by atoms with Gasteiger partial charge < -0.3 is 14.8 Å². The fraction of sp³-hybridized carbons (Fsp3) is 0.250. The molecule has 2 aromatic rings. The molecule has 0 aromatic heterocycles. The number of carbonyl (C=O) groups is 1. The normalized spacial score (nSPS) is 11.1. The van der Waals surface area contributed by atoms with E-state index in [9.17, 15) is 9.18 Å². The Hall–Kier alpha value is -2.82. The van der Waals surface area contributed by atoms with Crippen LogP contribution in [0.5, 0.6) is 11.5 Å². The molecule has 0 amide bonds. The maximum Gasteiger partial charge on any atom is 0.190 e. The van der Waals surface area contributed by atoms with Crippen LogP contribution in [0.15, 0.2) is 54.2 Å². The van der Waals surface area contributed by atoms with Gasteiger partial charge in [0.15, 0.2) is 17.3 Å². The van der Waals surface area contributed by atoms with Crippen molar-refractivity contribution < 1.29 is 18.7 Å². The summed E-state index contributed by atoms with van der Waals surface area (Å²) in [6, 6.07) is 11.3. The Morgan fingerprint density at radius 3 is 2.40 bits per heavy atom. The van der Waals surface area contributed by atoms with E-state index in [0.29, 0.717) is 29.2 Å². The van der Waals surface area contributed by atoms with Crippen LogP contribution in [0.3, 0.4) is 0 Å². The Balaban J connectivity index is 1.90. The lowest BCUT2D eigenvalue weighted by Gasteiger charge is -2.10. The fourth-order valence-corrected chi connectivity index (χ4v) is 2.37. The minimum Gasteiger partial charge on any atom is -0.493 e. The molecule has 0 aliphatic rings. The zero-order valence-corrected chi connectivity index (χ0v) is 14.6. The minimum atomic E-state index is -0.355. The lowest BCUT2D eigenvalue weighted by Crippen LogP contribution is -2.13. The van der Waals surface area contributed by atoms with E-state index in [-0.39, 0.29) is 11.6 Å². The Bertz CT molecular complexity index is 754. The van der Waals surface area contributed by atoms with E-state index in [1.54, 1.807) is 27.3 Å². The molecule has 0 spiro atoms. The summed E-state index contributed by atoms with van der Waals surface area (Å²) in [7, 11) is 3.21. The number of ether oxygens (including phenoxy) is 2. The average molecular weight is 343 g/mol. The molecule has 1 N–H and O–H groups in total. The molecule has 0 unspecified atom stereocenters. The molecule has 0 saturated heterocycles. The van der Waals surface area contributed by atoms with Crippen molar-refractivity contribution in [2.45, 2.75) is 13.3 Å². The second kappa shape index (κ2) is 8.87. The average Bonchev–Trinajstić information content (AvgIpc) is 2.64. The highest BCUT2D eigenvalue weighted by Crippen LogP contribution is 2.27. The van der Waals surface area contributed by atoms with Crippen LogP contribution in [0.2, 0.25) is 0 Å². The SMILES string of the molecule is COc1ccc(CCN/C=C(/C)C(=O)c2ccc(F)cc2)cc1OC. The van der Waals surface area contributed by atoms with Crippen LogP contribution in [0.25, 0.3) is 0 Å². The van der Waals surface area contributed by atoms with Crippen molar-refractivity contribution in [2.75, 3.05) is 20.8 Å². The van der Waals surface area contributed by atoms with Crippen molar-refractivity contribution in [3.8, 4) is 11.5 Å². The van der Waals surface area contributed by atoms with Gasteiger partial charge in [0, 0.05) is 23.9 Å². The molecular weight excluding hydrogens is 321 g/mol.